The number of rotatable bonds is 2. The predicted molar refractivity (Wildman–Crippen MR) is 56.4 cm³/mol. The molecule has 4 nitrogen and oxygen atoms in total. The van der Waals surface area contributed by atoms with E-state index in [1.807, 2.05) is 6.07 Å². The number of nitrogens with zero attached hydrogens (tertiary/aromatic N) is 2. The second-order valence-electron chi connectivity index (χ2n) is 2.83. The number of carbonyl (C=O) groups excluding carboxylic acids is 1. The molecule has 2 rings (SSSR count). The van der Waals surface area contributed by atoms with Gasteiger partial charge in [-0.25, -0.2) is 9.97 Å². The molecule has 1 aromatic carbocycles. The maximum absolute atomic E-state index is 11.7. The zero-order chi connectivity index (χ0) is 11.4. The van der Waals surface area contributed by atoms with Gasteiger partial charge < -0.3 is 0 Å². The van der Waals surface area contributed by atoms with Crippen LogP contribution in [0, 0.1) is 0 Å². The van der Waals surface area contributed by atoms with Gasteiger partial charge in [-0.3, -0.25) is 10.1 Å². The molecular weight excluding hydrogens is 190 g/mol. The minimum absolute atomic E-state index is 0.0679. The standard InChI is InChI=1S/C11H9N3O/c15-10(9-5-2-1-3-6-9)14-11-12-7-4-8-13-11/h1-8H,(H,12,13,14,15)/i7T. The van der Waals surface area contributed by atoms with Gasteiger partial charge in [0.1, 0.15) is 0 Å². The third-order valence-electron chi connectivity index (χ3n) is 1.78. The topological polar surface area (TPSA) is 54.9 Å². The van der Waals surface area contributed by atoms with Crippen LogP contribution in [0.3, 0.4) is 0 Å². The lowest BCUT2D eigenvalue weighted by Crippen LogP contribution is -2.13. The molecule has 0 atom stereocenters. The van der Waals surface area contributed by atoms with Gasteiger partial charge in [0.15, 0.2) is 0 Å². The highest BCUT2D eigenvalue weighted by Gasteiger charge is 2.05. The molecule has 0 saturated heterocycles. The molecule has 4 heteroatoms. The lowest BCUT2D eigenvalue weighted by atomic mass is 10.2. The maximum Gasteiger partial charge on any atom is 0.258 e. The minimum atomic E-state index is -0.286. The lowest BCUT2D eigenvalue weighted by Gasteiger charge is -2.01. The van der Waals surface area contributed by atoms with Crippen molar-refractivity contribution >= 4 is 11.9 Å². The molecule has 0 aliphatic heterocycles. The zero-order valence-electron chi connectivity index (χ0n) is 8.84. The monoisotopic (exact) mass is 201 g/mol. The van der Waals surface area contributed by atoms with Crippen LogP contribution in [-0.4, -0.2) is 15.9 Å². The molecule has 74 valence electrons. The van der Waals surface area contributed by atoms with Crippen LogP contribution in [0.4, 0.5) is 5.95 Å². The van der Waals surface area contributed by atoms with Gasteiger partial charge in [-0.15, -0.1) is 0 Å². The average molecular weight is 201 g/mol. The molecule has 1 N–H and O–H groups in total. The molecule has 0 aliphatic rings. The molecule has 15 heavy (non-hydrogen) atoms. The van der Waals surface area contributed by atoms with Gasteiger partial charge >= 0.3 is 0 Å². The van der Waals surface area contributed by atoms with E-state index in [1.54, 1.807) is 24.3 Å². The smallest absolute Gasteiger partial charge is 0.258 e. The Balaban J connectivity index is 2.14. The van der Waals surface area contributed by atoms with Crippen molar-refractivity contribution in [3.8, 4) is 0 Å². The Morgan fingerprint density at radius 3 is 2.73 bits per heavy atom. The first-order valence-electron chi connectivity index (χ1n) is 4.92. The molecule has 1 amide bonds. The van der Waals surface area contributed by atoms with Crippen molar-refractivity contribution in [3.63, 3.8) is 0 Å². The Labute approximate surface area is 88.4 Å². The van der Waals surface area contributed by atoms with E-state index in [-0.39, 0.29) is 18.0 Å². The number of hydrogen-bond donors (Lipinski definition) is 1. The maximum atomic E-state index is 11.7. The summed E-state index contributed by atoms with van der Waals surface area (Å²) in [5, 5.41) is 2.52. The van der Waals surface area contributed by atoms with Crippen molar-refractivity contribution < 1.29 is 6.17 Å². The molecule has 1 heterocycles. The Morgan fingerprint density at radius 2 is 2.00 bits per heavy atom. The Bertz CT molecular complexity index is 502. The van der Waals surface area contributed by atoms with Crippen molar-refractivity contribution in [2.75, 3.05) is 5.32 Å². The van der Waals surface area contributed by atoms with Crippen LogP contribution in [0.25, 0.3) is 0 Å². The quantitative estimate of drug-likeness (QED) is 0.805. The Kier molecular flexibility index (Phi) is 2.34. The second kappa shape index (κ2) is 4.32. The van der Waals surface area contributed by atoms with Crippen LogP contribution in [-0.2, 0) is 0 Å². The van der Waals surface area contributed by atoms with Crippen LogP contribution >= 0.6 is 0 Å². The molecule has 0 bridgehead atoms. The van der Waals surface area contributed by atoms with Crippen LogP contribution in [0.5, 0.6) is 0 Å². The van der Waals surface area contributed by atoms with Gasteiger partial charge in [0.05, 0.1) is 1.37 Å². The van der Waals surface area contributed by atoms with Gasteiger partial charge in [0.25, 0.3) is 5.91 Å². The summed E-state index contributed by atoms with van der Waals surface area (Å²) in [4.78, 5) is 19.3. The lowest BCUT2D eigenvalue weighted by molar-refractivity contribution is 0.102. The third-order valence-corrected chi connectivity index (χ3v) is 1.78. The molecule has 0 aliphatic carbocycles. The first-order valence-corrected chi connectivity index (χ1v) is 4.42. The summed E-state index contributed by atoms with van der Waals surface area (Å²) in [5.74, 6) is -0.146. The van der Waals surface area contributed by atoms with E-state index in [9.17, 15) is 4.79 Å². The van der Waals surface area contributed by atoms with Gasteiger partial charge in [-0.05, 0) is 18.2 Å². The first-order chi connectivity index (χ1) is 7.75. The predicted octanol–water partition coefficient (Wildman–Crippen LogP) is 1.73. The molecule has 1 aromatic heterocycles. The minimum Gasteiger partial charge on any atom is -0.290 e. The van der Waals surface area contributed by atoms with Gasteiger partial charge in [-0.2, -0.15) is 0 Å². The van der Waals surface area contributed by atoms with E-state index >= 15 is 0 Å². The summed E-state index contributed by atoms with van der Waals surface area (Å²) in [6.07, 6.45) is 1.49. The van der Waals surface area contributed by atoms with E-state index in [0.29, 0.717) is 5.56 Å². The third kappa shape index (κ3) is 2.37. The van der Waals surface area contributed by atoms with E-state index in [4.69, 9.17) is 1.37 Å². The van der Waals surface area contributed by atoms with E-state index in [1.165, 1.54) is 12.3 Å². The second-order valence-corrected chi connectivity index (χ2v) is 2.83. The van der Waals surface area contributed by atoms with Gasteiger partial charge in [0, 0.05) is 17.9 Å². The average Bonchev–Trinajstić information content (AvgIpc) is 2.30. The molecular formula is C11H9N3O. The Hall–Kier alpha value is -2.23. The van der Waals surface area contributed by atoms with E-state index < -0.39 is 0 Å². The number of hydrogen-bond acceptors (Lipinski definition) is 3. The molecule has 0 saturated carbocycles. The fraction of sp³-hybridized carbons (Fsp3) is 0. The highest BCUT2D eigenvalue weighted by molar-refractivity contribution is 6.03. The number of amides is 1. The number of nitrogens with one attached hydrogen (secondary N) is 1. The molecule has 0 radical (unpaired) electrons. The summed E-state index contributed by atoms with van der Waals surface area (Å²) in [5.41, 5.74) is 0.529. The van der Waals surface area contributed by atoms with Crippen molar-refractivity contribution in [3.05, 3.63) is 54.3 Å². The SMILES string of the molecule is [3H]c1ccnc(NC(=O)c2ccccc2)n1. The van der Waals surface area contributed by atoms with Crippen molar-refractivity contribution in [2.24, 2.45) is 0 Å². The van der Waals surface area contributed by atoms with Crippen LogP contribution in [0.15, 0.2) is 48.8 Å². The zero-order valence-corrected chi connectivity index (χ0v) is 7.84. The summed E-state index contributed by atoms with van der Waals surface area (Å²) in [7, 11) is 0. The van der Waals surface area contributed by atoms with Gasteiger partial charge in [-0.1, -0.05) is 18.2 Å². The van der Waals surface area contributed by atoms with Gasteiger partial charge in [0.2, 0.25) is 5.95 Å². The molecule has 0 spiro atoms. The largest absolute Gasteiger partial charge is 0.290 e. The van der Waals surface area contributed by atoms with Crippen LogP contribution in [0.2, 0.25) is 0 Å². The normalized spacial score (nSPS) is 10.5. The van der Waals surface area contributed by atoms with Crippen molar-refractivity contribution in [1.29, 1.82) is 0 Å². The fourth-order valence-corrected chi connectivity index (χ4v) is 1.09. The summed E-state index contributed by atoms with van der Waals surface area (Å²) < 4.78 is 7.28. The Morgan fingerprint density at radius 1 is 1.20 bits per heavy atom. The summed E-state index contributed by atoms with van der Waals surface area (Å²) in [6.45, 7) is 0. The van der Waals surface area contributed by atoms with Crippen molar-refractivity contribution in [1.82, 2.24) is 9.97 Å². The number of aromatic nitrogens is 2. The molecule has 0 unspecified atom stereocenters. The van der Waals surface area contributed by atoms with E-state index in [0.717, 1.165) is 0 Å². The first kappa shape index (κ1) is 8.11. The van der Waals surface area contributed by atoms with Crippen LogP contribution in [0.1, 0.15) is 11.7 Å². The summed E-state index contributed by atoms with van der Waals surface area (Å²) >= 11 is 0. The molecule has 0 fully saturated rings. The summed E-state index contributed by atoms with van der Waals surface area (Å²) in [6, 6.07) is 10.2. The number of anilines is 1. The molecule has 2 aromatic rings. The van der Waals surface area contributed by atoms with E-state index in [2.05, 4.69) is 15.3 Å². The highest BCUT2D eigenvalue weighted by Crippen LogP contribution is 2.02. The van der Waals surface area contributed by atoms with Crippen molar-refractivity contribution in [2.45, 2.75) is 0 Å². The highest BCUT2D eigenvalue weighted by atomic mass is 16.1. The van der Waals surface area contributed by atoms with Crippen LogP contribution < -0.4 is 5.32 Å². The fourth-order valence-electron chi connectivity index (χ4n) is 1.09. The number of carbonyl (C=O) groups is 1. The number of benzene rings is 1.